The van der Waals surface area contributed by atoms with Crippen LogP contribution in [0.1, 0.15) is 124 Å². The minimum atomic E-state index is -2.14. The molecular weight excluding hydrogens is 653 g/mol. The molecule has 1 N–H and O–H groups in total. The quantitative estimate of drug-likeness (QED) is 0.118. The first-order valence-electron chi connectivity index (χ1n) is 19.1. The molecule has 1 heterocycles. The number of aliphatic hydroxyl groups is 1. The van der Waals surface area contributed by atoms with Crippen LogP contribution in [0.4, 0.5) is 0 Å². The monoisotopic (exact) mass is 716 g/mol. The standard InChI is InChI=1S/C43H64O5Si2/c1-28(2)49(29(3)4,30(5)6)47-37-22-18-35(19-23-37)40-41(39(26-27-44)34-16-14-13-15-17-34)42(46-43(40)45)36-20-24-38(25-21-36)48-50(31(7)8,32(9)10)33(11)12/h13-25,28-33,39-42,44H,26-27H2,1-12H3/t39-,40+,41+,42-/m0/s1. The molecular formula is C43H64O5Si2. The molecule has 5 nitrogen and oxygen atoms in total. The smallest absolute Gasteiger partial charge is 0.314 e. The van der Waals surface area contributed by atoms with E-state index in [0.717, 1.165) is 28.2 Å². The molecule has 274 valence electrons. The second-order valence-electron chi connectivity index (χ2n) is 16.4. The summed E-state index contributed by atoms with van der Waals surface area (Å²) in [6, 6.07) is 26.8. The van der Waals surface area contributed by atoms with Gasteiger partial charge in [-0.2, -0.15) is 0 Å². The number of aliphatic hydroxyl groups excluding tert-OH is 1. The van der Waals surface area contributed by atoms with Crippen molar-refractivity contribution in [1.29, 1.82) is 0 Å². The van der Waals surface area contributed by atoms with E-state index in [4.69, 9.17) is 13.6 Å². The Bertz CT molecular complexity index is 1450. The van der Waals surface area contributed by atoms with Crippen molar-refractivity contribution in [3.8, 4) is 11.5 Å². The number of hydrogen-bond donors (Lipinski definition) is 1. The summed E-state index contributed by atoms with van der Waals surface area (Å²) >= 11 is 0. The van der Waals surface area contributed by atoms with Crippen molar-refractivity contribution in [1.82, 2.24) is 0 Å². The minimum Gasteiger partial charge on any atom is -0.543 e. The fourth-order valence-electron chi connectivity index (χ4n) is 9.71. The highest BCUT2D eigenvalue weighted by atomic mass is 28.4. The van der Waals surface area contributed by atoms with Crippen molar-refractivity contribution in [2.45, 2.75) is 141 Å². The predicted octanol–water partition coefficient (Wildman–Crippen LogP) is 12.0. The number of hydrogen-bond acceptors (Lipinski definition) is 5. The van der Waals surface area contributed by atoms with E-state index in [1.165, 1.54) is 0 Å². The fraction of sp³-hybridized carbons (Fsp3) is 0.558. The lowest BCUT2D eigenvalue weighted by Crippen LogP contribution is -2.50. The molecule has 7 heteroatoms. The molecule has 0 saturated carbocycles. The van der Waals surface area contributed by atoms with E-state index >= 15 is 0 Å². The van der Waals surface area contributed by atoms with Gasteiger partial charge in [0.25, 0.3) is 16.6 Å². The molecule has 50 heavy (non-hydrogen) atoms. The predicted molar refractivity (Wildman–Crippen MR) is 212 cm³/mol. The van der Waals surface area contributed by atoms with E-state index < -0.39 is 28.7 Å². The van der Waals surface area contributed by atoms with Crippen molar-refractivity contribution < 1.29 is 23.5 Å². The zero-order chi connectivity index (χ0) is 37.0. The van der Waals surface area contributed by atoms with Crippen LogP contribution in [0.3, 0.4) is 0 Å². The number of rotatable bonds is 16. The van der Waals surface area contributed by atoms with Gasteiger partial charge in [0.2, 0.25) is 0 Å². The van der Waals surface area contributed by atoms with Gasteiger partial charge < -0.3 is 18.7 Å². The van der Waals surface area contributed by atoms with Crippen LogP contribution in [0.15, 0.2) is 78.9 Å². The lowest BCUT2D eigenvalue weighted by atomic mass is 9.71. The highest BCUT2D eigenvalue weighted by molar-refractivity contribution is 6.78. The van der Waals surface area contributed by atoms with Crippen molar-refractivity contribution in [2.24, 2.45) is 5.92 Å². The van der Waals surface area contributed by atoms with Crippen molar-refractivity contribution in [2.75, 3.05) is 6.61 Å². The average molecular weight is 717 g/mol. The summed E-state index contributed by atoms with van der Waals surface area (Å²) in [6.45, 7) is 27.5. The third-order valence-corrected chi connectivity index (χ3v) is 23.8. The Morgan fingerprint density at radius 1 is 0.600 bits per heavy atom. The summed E-state index contributed by atoms with van der Waals surface area (Å²) in [6.07, 6.45) is 0.0523. The van der Waals surface area contributed by atoms with E-state index in [1.54, 1.807) is 0 Å². The molecule has 0 bridgehead atoms. The Kier molecular flexibility index (Phi) is 13.3. The number of benzene rings is 3. The van der Waals surface area contributed by atoms with Crippen LogP contribution in [-0.4, -0.2) is 34.3 Å². The van der Waals surface area contributed by atoms with Gasteiger partial charge in [-0.05, 0) is 86.5 Å². The van der Waals surface area contributed by atoms with Crippen LogP contribution in [-0.2, 0) is 9.53 Å². The topological polar surface area (TPSA) is 65.0 Å². The molecule has 0 radical (unpaired) electrons. The average Bonchev–Trinajstić information content (AvgIpc) is 3.41. The van der Waals surface area contributed by atoms with Gasteiger partial charge in [0, 0.05) is 12.5 Å². The van der Waals surface area contributed by atoms with Crippen molar-refractivity contribution in [3.05, 3.63) is 95.6 Å². The van der Waals surface area contributed by atoms with Crippen LogP contribution in [0.5, 0.6) is 11.5 Å². The molecule has 0 spiro atoms. The third kappa shape index (κ3) is 7.80. The fourth-order valence-corrected chi connectivity index (χ4v) is 20.2. The first kappa shape index (κ1) is 39.9. The number of esters is 1. The minimum absolute atomic E-state index is 0.0158. The second-order valence-corrected chi connectivity index (χ2v) is 27.2. The summed E-state index contributed by atoms with van der Waals surface area (Å²) in [5.74, 6) is 0.705. The molecule has 4 atom stereocenters. The van der Waals surface area contributed by atoms with Gasteiger partial charge >= 0.3 is 5.97 Å². The Labute approximate surface area is 305 Å². The number of carbonyl (C=O) groups is 1. The maximum absolute atomic E-state index is 14.0. The Balaban J connectivity index is 1.75. The van der Waals surface area contributed by atoms with Gasteiger partial charge in [0.15, 0.2) is 0 Å². The SMILES string of the molecule is CC(C)[Si](Oc1ccc([C@H]2C(=O)O[C@@H](c3ccc(O[Si](C(C)C)(C(C)C)C(C)C)cc3)[C@@H]2[C@@H](CCO)c2ccccc2)cc1)(C(C)C)C(C)C. The molecule has 1 aliphatic heterocycles. The van der Waals surface area contributed by atoms with Crippen LogP contribution >= 0.6 is 0 Å². The Morgan fingerprint density at radius 3 is 1.38 bits per heavy atom. The summed E-state index contributed by atoms with van der Waals surface area (Å²) in [7, 11) is -4.27. The highest BCUT2D eigenvalue weighted by Crippen LogP contribution is 2.53. The Hall–Kier alpha value is -2.88. The maximum Gasteiger partial charge on any atom is 0.314 e. The third-order valence-electron chi connectivity index (χ3n) is 11.8. The zero-order valence-electron chi connectivity index (χ0n) is 32.8. The molecule has 0 aliphatic carbocycles. The van der Waals surface area contributed by atoms with Gasteiger partial charge in [-0.25, -0.2) is 0 Å². The van der Waals surface area contributed by atoms with E-state index in [1.807, 2.05) is 30.3 Å². The summed E-state index contributed by atoms with van der Waals surface area (Å²) in [5, 5.41) is 10.3. The first-order valence-corrected chi connectivity index (χ1v) is 23.3. The summed E-state index contributed by atoms with van der Waals surface area (Å²) < 4.78 is 20.3. The molecule has 4 rings (SSSR count). The second kappa shape index (κ2) is 16.6. The first-order chi connectivity index (χ1) is 23.6. The largest absolute Gasteiger partial charge is 0.543 e. The van der Waals surface area contributed by atoms with E-state index in [2.05, 4.69) is 132 Å². The van der Waals surface area contributed by atoms with Crippen molar-refractivity contribution >= 4 is 22.6 Å². The molecule has 0 unspecified atom stereocenters. The zero-order valence-corrected chi connectivity index (χ0v) is 34.8. The molecule has 0 aromatic heterocycles. The number of carbonyl (C=O) groups excluding carboxylic acids is 1. The summed E-state index contributed by atoms with van der Waals surface area (Å²) in [4.78, 5) is 14.0. The van der Waals surface area contributed by atoms with E-state index in [-0.39, 0.29) is 24.4 Å². The number of ether oxygens (including phenoxy) is 1. The Morgan fingerprint density at radius 2 is 1.00 bits per heavy atom. The van der Waals surface area contributed by atoms with Gasteiger partial charge in [-0.1, -0.05) is 138 Å². The highest BCUT2D eigenvalue weighted by Gasteiger charge is 2.51. The lowest BCUT2D eigenvalue weighted by molar-refractivity contribution is -0.142. The normalized spacial score (nSPS) is 19.3. The van der Waals surface area contributed by atoms with Crippen LogP contribution < -0.4 is 8.85 Å². The molecule has 1 saturated heterocycles. The van der Waals surface area contributed by atoms with E-state index in [0.29, 0.717) is 39.7 Å². The van der Waals surface area contributed by atoms with Crippen LogP contribution in [0.25, 0.3) is 0 Å². The molecule has 1 fully saturated rings. The van der Waals surface area contributed by atoms with Crippen LogP contribution in [0, 0.1) is 5.92 Å². The van der Waals surface area contributed by atoms with Gasteiger partial charge in [-0.3, -0.25) is 4.79 Å². The lowest BCUT2D eigenvalue weighted by Gasteiger charge is -2.42. The molecule has 1 aliphatic rings. The molecule has 0 amide bonds. The van der Waals surface area contributed by atoms with Gasteiger partial charge in [0.05, 0.1) is 5.92 Å². The maximum atomic E-state index is 14.0. The van der Waals surface area contributed by atoms with Crippen molar-refractivity contribution in [3.63, 3.8) is 0 Å². The van der Waals surface area contributed by atoms with Gasteiger partial charge in [-0.15, -0.1) is 0 Å². The van der Waals surface area contributed by atoms with Crippen LogP contribution in [0.2, 0.25) is 33.2 Å². The number of cyclic esters (lactones) is 1. The summed E-state index contributed by atoms with van der Waals surface area (Å²) in [5.41, 5.74) is 5.73. The van der Waals surface area contributed by atoms with Gasteiger partial charge in [0.1, 0.15) is 17.6 Å². The molecule has 3 aromatic rings. The van der Waals surface area contributed by atoms with E-state index in [9.17, 15) is 9.90 Å². The molecule has 3 aromatic carbocycles.